The second-order valence-electron chi connectivity index (χ2n) is 4.55. The fraction of sp³-hybridized carbons (Fsp3) is 0.385. The number of alkyl halides is 3. The molecule has 1 aromatic carbocycles. The van der Waals surface area contributed by atoms with Gasteiger partial charge in [-0.25, -0.2) is 4.39 Å². The van der Waals surface area contributed by atoms with Crippen molar-refractivity contribution in [3.8, 4) is 11.5 Å². The van der Waals surface area contributed by atoms with Crippen LogP contribution in [0.5, 0.6) is 0 Å². The third-order valence-corrected chi connectivity index (χ3v) is 2.90. The molecule has 0 aliphatic carbocycles. The van der Waals surface area contributed by atoms with E-state index in [1.54, 1.807) is 0 Å². The average Bonchev–Trinajstić information content (AvgIpc) is 2.87. The third-order valence-electron chi connectivity index (χ3n) is 2.90. The Balaban J connectivity index is 2.38. The van der Waals surface area contributed by atoms with E-state index in [1.165, 1.54) is 0 Å². The van der Waals surface area contributed by atoms with Gasteiger partial charge in [-0.15, -0.1) is 0 Å². The highest BCUT2D eigenvalue weighted by Gasteiger charge is 2.32. The van der Waals surface area contributed by atoms with Gasteiger partial charge in [0.15, 0.2) is 5.82 Å². The van der Waals surface area contributed by atoms with Crippen LogP contribution in [-0.4, -0.2) is 10.1 Å². The minimum Gasteiger partial charge on any atom is -0.334 e. The predicted octanol–water partition coefficient (Wildman–Crippen LogP) is 3.69. The van der Waals surface area contributed by atoms with Gasteiger partial charge in [-0.05, 0) is 24.6 Å². The second kappa shape index (κ2) is 5.80. The Labute approximate surface area is 118 Å². The molecular weight excluding hydrogens is 290 g/mol. The predicted molar refractivity (Wildman–Crippen MR) is 66.5 cm³/mol. The molecule has 0 fully saturated rings. The van der Waals surface area contributed by atoms with Crippen LogP contribution in [0.4, 0.5) is 17.6 Å². The van der Waals surface area contributed by atoms with Crippen LogP contribution in [0.2, 0.25) is 0 Å². The number of hydrogen-bond donors (Lipinski definition) is 1. The molecule has 0 aliphatic rings. The van der Waals surface area contributed by atoms with E-state index in [0.29, 0.717) is 24.6 Å². The van der Waals surface area contributed by atoms with Crippen LogP contribution in [0, 0.1) is 5.82 Å². The molecule has 0 spiro atoms. The van der Waals surface area contributed by atoms with Gasteiger partial charge in [0.1, 0.15) is 5.82 Å². The molecule has 0 saturated heterocycles. The Bertz CT molecular complexity index is 624. The molecule has 0 aliphatic heterocycles. The number of benzene rings is 1. The zero-order valence-corrected chi connectivity index (χ0v) is 11.1. The van der Waals surface area contributed by atoms with E-state index in [4.69, 9.17) is 10.3 Å². The summed E-state index contributed by atoms with van der Waals surface area (Å²) in [5, 5.41) is 3.59. The topological polar surface area (TPSA) is 64.9 Å². The Morgan fingerprint density at radius 2 is 2.05 bits per heavy atom. The standard InChI is InChI=1S/C13H13F4N3O/c1-2-3-10(18)11-19-12(21-20-11)8-6-7(13(15,16)17)4-5-9(8)14/h4-6,10H,2-3,18H2,1H3. The largest absolute Gasteiger partial charge is 0.416 e. The summed E-state index contributed by atoms with van der Waals surface area (Å²) in [5.74, 6) is -1.05. The Morgan fingerprint density at radius 1 is 1.33 bits per heavy atom. The zero-order chi connectivity index (χ0) is 15.6. The maximum atomic E-state index is 13.7. The van der Waals surface area contributed by atoms with Crippen LogP contribution in [0.1, 0.15) is 37.2 Å². The summed E-state index contributed by atoms with van der Waals surface area (Å²) in [6, 6.07) is 1.51. The van der Waals surface area contributed by atoms with Crippen LogP contribution in [-0.2, 0) is 6.18 Å². The fourth-order valence-corrected chi connectivity index (χ4v) is 1.80. The molecule has 21 heavy (non-hydrogen) atoms. The molecule has 1 heterocycles. The lowest BCUT2D eigenvalue weighted by molar-refractivity contribution is -0.137. The lowest BCUT2D eigenvalue weighted by atomic mass is 10.1. The molecule has 2 N–H and O–H groups in total. The molecule has 8 heteroatoms. The molecule has 0 bridgehead atoms. The van der Waals surface area contributed by atoms with Crippen LogP contribution in [0.25, 0.3) is 11.5 Å². The zero-order valence-electron chi connectivity index (χ0n) is 11.1. The van der Waals surface area contributed by atoms with Gasteiger partial charge in [-0.2, -0.15) is 18.2 Å². The van der Waals surface area contributed by atoms with Crippen molar-refractivity contribution < 1.29 is 22.1 Å². The minimum atomic E-state index is -4.58. The lowest BCUT2D eigenvalue weighted by Gasteiger charge is -2.07. The first-order chi connectivity index (χ1) is 9.82. The second-order valence-corrected chi connectivity index (χ2v) is 4.55. The normalized spacial score (nSPS) is 13.4. The van der Waals surface area contributed by atoms with E-state index in [2.05, 4.69) is 10.1 Å². The van der Waals surface area contributed by atoms with E-state index >= 15 is 0 Å². The molecule has 2 aromatic rings. The van der Waals surface area contributed by atoms with Crippen LogP contribution in [0.3, 0.4) is 0 Å². The monoisotopic (exact) mass is 303 g/mol. The highest BCUT2D eigenvalue weighted by molar-refractivity contribution is 5.55. The average molecular weight is 303 g/mol. The number of aromatic nitrogens is 2. The number of nitrogens with two attached hydrogens (primary N) is 1. The van der Waals surface area contributed by atoms with Crippen molar-refractivity contribution in [2.24, 2.45) is 5.73 Å². The van der Waals surface area contributed by atoms with Gasteiger partial charge >= 0.3 is 6.18 Å². The van der Waals surface area contributed by atoms with Gasteiger partial charge < -0.3 is 10.3 Å². The summed E-state index contributed by atoms with van der Waals surface area (Å²) in [4.78, 5) is 3.87. The van der Waals surface area contributed by atoms with Crippen molar-refractivity contribution in [1.82, 2.24) is 10.1 Å². The first-order valence-electron chi connectivity index (χ1n) is 6.29. The summed E-state index contributed by atoms with van der Waals surface area (Å²) in [6.45, 7) is 1.91. The number of rotatable bonds is 4. The Morgan fingerprint density at radius 3 is 2.67 bits per heavy atom. The summed E-state index contributed by atoms with van der Waals surface area (Å²) in [7, 11) is 0. The van der Waals surface area contributed by atoms with Gasteiger partial charge in [-0.1, -0.05) is 18.5 Å². The molecule has 1 unspecified atom stereocenters. The first-order valence-corrected chi connectivity index (χ1v) is 6.29. The smallest absolute Gasteiger partial charge is 0.334 e. The maximum absolute atomic E-state index is 13.7. The third kappa shape index (κ3) is 3.38. The van der Waals surface area contributed by atoms with Gasteiger partial charge in [0.05, 0.1) is 17.2 Å². The van der Waals surface area contributed by atoms with Gasteiger partial charge in [0, 0.05) is 0 Å². The number of nitrogens with zero attached hydrogens (tertiary/aromatic N) is 2. The molecule has 0 amide bonds. The molecule has 0 saturated carbocycles. The van der Waals surface area contributed by atoms with E-state index in [1.807, 2.05) is 6.92 Å². The van der Waals surface area contributed by atoms with Crippen LogP contribution in [0.15, 0.2) is 22.7 Å². The molecule has 4 nitrogen and oxygen atoms in total. The molecule has 2 rings (SSSR count). The van der Waals surface area contributed by atoms with Crippen molar-refractivity contribution in [2.45, 2.75) is 32.0 Å². The van der Waals surface area contributed by atoms with E-state index in [0.717, 1.165) is 6.42 Å². The first kappa shape index (κ1) is 15.4. The van der Waals surface area contributed by atoms with E-state index < -0.39 is 29.2 Å². The fourth-order valence-electron chi connectivity index (χ4n) is 1.80. The van der Waals surface area contributed by atoms with Crippen molar-refractivity contribution in [2.75, 3.05) is 0 Å². The van der Waals surface area contributed by atoms with E-state index in [9.17, 15) is 17.6 Å². The Hall–Kier alpha value is -1.96. The molecular formula is C13H13F4N3O. The highest BCUT2D eigenvalue weighted by Crippen LogP contribution is 2.33. The maximum Gasteiger partial charge on any atom is 0.416 e. The van der Waals surface area contributed by atoms with Crippen molar-refractivity contribution >= 4 is 0 Å². The Kier molecular flexibility index (Phi) is 4.26. The van der Waals surface area contributed by atoms with Crippen LogP contribution < -0.4 is 5.73 Å². The van der Waals surface area contributed by atoms with Gasteiger partial charge in [0.25, 0.3) is 5.89 Å². The van der Waals surface area contributed by atoms with Crippen molar-refractivity contribution in [3.63, 3.8) is 0 Å². The summed E-state index contributed by atoms with van der Waals surface area (Å²) in [6.07, 6.45) is -3.21. The number of hydrogen-bond acceptors (Lipinski definition) is 4. The molecule has 0 radical (unpaired) electrons. The SMILES string of the molecule is CCCC(N)c1noc(-c2cc(C(F)(F)F)ccc2F)n1. The number of halogens is 4. The van der Waals surface area contributed by atoms with E-state index in [-0.39, 0.29) is 11.7 Å². The summed E-state index contributed by atoms with van der Waals surface area (Å²) >= 11 is 0. The molecule has 114 valence electrons. The van der Waals surface area contributed by atoms with Crippen molar-refractivity contribution in [3.05, 3.63) is 35.4 Å². The van der Waals surface area contributed by atoms with Crippen molar-refractivity contribution in [1.29, 1.82) is 0 Å². The molecule has 1 aromatic heterocycles. The summed E-state index contributed by atoms with van der Waals surface area (Å²) in [5.41, 5.74) is 4.39. The van der Waals surface area contributed by atoms with Gasteiger partial charge in [0.2, 0.25) is 0 Å². The lowest BCUT2D eigenvalue weighted by Crippen LogP contribution is -2.11. The quantitative estimate of drug-likeness (QED) is 0.875. The minimum absolute atomic E-state index is 0.142. The van der Waals surface area contributed by atoms with Crippen LogP contribution >= 0.6 is 0 Å². The van der Waals surface area contributed by atoms with Gasteiger partial charge in [-0.3, -0.25) is 0 Å². The highest BCUT2D eigenvalue weighted by atomic mass is 19.4. The molecule has 1 atom stereocenters. The summed E-state index contributed by atoms with van der Waals surface area (Å²) < 4.78 is 56.4.